The first-order valence-corrected chi connectivity index (χ1v) is 45.6. The van der Waals surface area contributed by atoms with Crippen LogP contribution in [0.3, 0.4) is 0 Å². The molecule has 29 heteroatoms. The molecular formula is C75H138N12O14S3. The number of Topliss-reactive ketones (excluding diaryl/α,β-unsaturated/α-hetero) is 1. The minimum atomic E-state index is -3.65. The molecule has 8 fully saturated rings. The molecule has 7 aliphatic heterocycles. The smallest absolute Gasteiger partial charge is 0.317 e. The van der Waals surface area contributed by atoms with E-state index in [1.165, 1.54) is 18.8 Å². The van der Waals surface area contributed by atoms with Crippen LogP contribution in [0.15, 0.2) is 0 Å². The Morgan fingerprint density at radius 1 is 0.567 bits per heavy atom. The number of ketones is 1. The summed E-state index contributed by atoms with van der Waals surface area (Å²) in [5.74, 6) is -0.234. The molecule has 104 heavy (non-hydrogen) atoms. The largest absolute Gasteiger partial charge is 0.389 e. The van der Waals surface area contributed by atoms with Crippen molar-refractivity contribution in [3.05, 3.63) is 0 Å². The van der Waals surface area contributed by atoms with E-state index in [4.69, 9.17) is 9.47 Å². The zero-order valence-electron chi connectivity index (χ0n) is 65.6. The number of carbonyl (C=O) groups is 5. The van der Waals surface area contributed by atoms with Gasteiger partial charge in [0, 0.05) is 196 Å². The number of nitrogens with one attached hydrogen (secondary N) is 3. The molecule has 0 spiro atoms. The van der Waals surface area contributed by atoms with Crippen LogP contribution < -0.4 is 15.4 Å². The van der Waals surface area contributed by atoms with E-state index >= 15 is 5.11 Å². The van der Waals surface area contributed by atoms with Crippen molar-refractivity contribution in [1.82, 2.24) is 58.3 Å². The number of nitrogens with zero attached hydrogens (tertiary/aromatic N) is 9. The number of sulfonamides is 3. The lowest BCUT2D eigenvalue weighted by atomic mass is 9.30. The summed E-state index contributed by atoms with van der Waals surface area (Å²) in [7, 11) is -8.47. The van der Waals surface area contributed by atoms with E-state index in [2.05, 4.69) is 55.9 Å². The summed E-state index contributed by atoms with van der Waals surface area (Å²) in [6, 6.07) is -0.504. The molecule has 6 atom stereocenters. The van der Waals surface area contributed by atoms with Crippen molar-refractivity contribution in [2.24, 2.45) is 51.2 Å². The first-order chi connectivity index (χ1) is 49.1. The number of carbonyl (C=O) groups excluding carboxylic acids is 5. The Balaban J connectivity index is 1.52. The Morgan fingerprint density at radius 3 is 1.65 bits per heavy atom. The molecule has 5 amide bonds. The molecule has 1 aliphatic carbocycles. The van der Waals surface area contributed by atoms with Gasteiger partial charge in [-0.1, -0.05) is 33.1 Å². The van der Waals surface area contributed by atoms with Crippen molar-refractivity contribution in [2.45, 2.75) is 194 Å². The first kappa shape index (κ1) is 86.4. The van der Waals surface area contributed by atoms with E-state index in [1.54, 1.807) is 36.3 Å². The summed E-state index contributed by atoms with van der Waals surface area (Å²) in [5.41, 5.74) is -4.95. The highest BCUT2D eigenvalue weighted by Gasteiger charge is 2.76. The number of piperidine rings is 2. The fourth-order valence-electron chi connectivity index (χ4n) is 21.6. The third kappa shape index (κ3) is 22.8. The summed E-state index contributed by atoms with van der Waals surface area (Å²) < 4.78 is 98.1. The Morgan fingerprint density at radius 2 is 1.11 bits per heavy atom. The molecule has 0 aromatic carbocycles. The number of likely N-dealkylation sites (N-methyl/N-ethyl adjacent to an activating group) is 1. The number of piperazine rings is 3. The van der Waals surface area contributed by atoms with Crippen molar-refractivity contribution in [1.29, 1.82) is 0 Å². The summed E-state index contributed by atoms with van der Waals surface area (Å²) in [6.07, 6.45) is 17.3. The van der Waals surface area contributed by atoms with Gasteiger partial charge in [0.2, 0.25) is 47.8 Å². The second kappa shape index (κ2) is 38.6. The van der Waals surface area contributed by atoms with Gasteiger partial charge in [0.15, 0.2) is 0 Å². The van der Waals surface area contributed by atoms with Crippen LogP contribution in [0.1, 0.15) is 183 Å². The van der Waals surface area contributed by atoms with Gasteiger partial charge < -0.3 is 59.4 Å². The molecule has 600 valence electrons. The number of hydrogen-bond donors (Lipinski definition) is 4. The van der Waals surface area contributed by atoms with Crippen LogP contribution in [-0.2, 0) is 58.7 Å². The lowest BCUT2D eigenvalue weighted by Gasteiger charge is -2.76. The molecule has 26 nitrogen and oxygen atoms in total. The zero-order valence-corrected chi connectivity index (χ0v) is 68.1. The zero-order chi connectivity index (χ0) is 75.7. The van der Waals surface area contributed by atoms with Gasteiger partial charge >= 0.3 is 6.03 Å². The van der Waals surface area contributed by atoms with Crippen LogP contribution in [0.4, 0.5) is 4.79 Å². The molecule has 0 radical (unpaired) electrons. The number of rotatable bonds is 38. The maximum Gasteiger partial charge on any atom is 0.317 e. The lowest BCUT2D eigenvalue weighted by Crippen LogP contribution is -2.77. The average molecular weight is 1530 g/mol. The van der Waals surface area contributed by atoms with Crippen LogP contribution >= 0.6 is 0 Å². The van der Waals surface area contributed by atoms with Crippen molar-refractivity contribution in [3.63, 3.8) is 0 Å². The van der Waals surface area contributed by atoms with E-state index in [-0.39, 0.29) is 84.7 Å². The van der Waals surface area contributed by atoms with Gasteiger partial charge in [0.05, 0.1) is 37.6 Å². The number of likely N-dealkylation sites (tertiary alicyclic amines) is 1. The van der Waals surface area contributed by atoms with Crippen molar-refractivity contribution in [2.75, 3.05) is 203 Å². The van der Waals surface area contributed by atoms with Crippen LogP contribution in [0.2, 0.25) is 0 Å². The Kier molecular flexibility index (Phi) is 32.1. The second-order valence-electron chi connectivity index (χ2n) is 33.8. The predicted octanol–water partition coefficient (Wildman–Crippen LogP) is 5.22. The minimum Gasteiger partial charge on any atom is -0.389 e. The molecule has 8 aliphatic rings. The minimum absolute atomic E-state index is 0.00325. The Bertz CT molecular complexity index is 3100. The van der Waals surface area contributed by atoms with Crippen LogP contribution in [-0.4, -0.2) is 317 Å². The molecule has 7 heterocycles. The summed E-state index contributed by atoms with van der Waals surface area (Å²) in [6.45, 7) is 25.1. The lowest BCUT2D eigenvalue weighted by molar-refractivity contribution is -0.317. The van der Waals surface area contributed by atoms with Crippen molar-refractivity contribution in [3.8, 4) is 0 Å². The maximum atomic E-state index is 15.9. The fourth-order valence-corrected chi connectivity index (χ4v) is 23.8. The molecule has 6 unspecified atom stereocenters. The highest BCUT2D eigenvalue weighted by molar-refractivity contribution is 7.89. The number of morpholine rings is 1. The number of aliphatic hydroxyl groups is 1. The summed E-state index contributed by atoms with van der Waals surface area (Å²) in [4.78, 5) is 85.6. The number of urea groups is 1. The molecule has 0 bridgehead atoms. The summed E-state index contributed by atoms with van der Waals surface area (Å²) >= 11 is 0. The van der Waals surface area contributed by atoms with Gasteiger partial charge in [0.1, 0.15) is 5.78 Å². The molecule has 8 rings (SSSR count). The average Bonchev–Trinajstić information content (AvgIpc) is 0.662. The molecule has 0 aromatic rings. The monoisotopic (exact) mass is 1530 g/mol. The Hall–Kier alpha value is -3.20. The summed E-state index contributed by atoms with van der Waals surface area (Å²) in [5, 5.41) is 22.4. The van der Waals surface area contributed by atoms with Crippen LogP contribution in [0.25, 0.3) is 0 Å². The van der Waals surface area contributed by atoms with Gasteiger partial charge in [-0.2, -0.15) is 4.31 Å². The number of unbranched alkanes of at least 4 members (excludes halogenated alkanes) is 3. The molecule has 1 saturated carbocycles. The van der Waals surface area contributed by atoms with E-state index in [0.717, 1.165) is 58.3 Å². The van der Waals surface area contributed by atoms with Crippen LogP contribution in [0, 0.1) is 51.2 Å². The van der Waals surface area contributed by atoms with E-state index in [9.17, 15) is 49.2 Å². The highest BCUT2D eigenvalue weighted by Crippen LogP contribution is 2.77. The third-order valence-corrected chi connectivity index (χ3v) is 29.7. The van der Waals surface area contributed by atoms with Gasteiger partial charge in [-0.3, -0.25) is 19.3 Å². The molecule has 0 aromatic heterocycles. The van der Waals surface area contributed by atoms with Gasteiger partial charge in [-0.15, -0.1) is 0 Å². The van der Waals surface area contributed by atoms with Gasteiger partial charge in [0.25, 0.3) is 0 Å². The number of amides is 5. The molecule has 4 N–H and O–H groups in total. The number of ether oxygens (including phenoxy) is 2. The number of hydrogen-bond acceptors (Lipinski definition) is 18. The Labute approximate surface area is 626 Å². The topological polar surface area (TPSA) is 292 Å². The quantitative estimate of drug-likeness (QED) is 0.0576. The fraction of sp³-hybridized carbons (Fsp3) is 0.933. The van der Waals surface area contributed by atoms with Crippen molar-refractivity contribution >= 4 is 59.6 Å². The van der Waals surface area contributed by atoms with Crippen LogP contribution in [0.5, 0.6) is 0 Å². The molecular weight excluding hydrogens is 1390 g/mol. The van der Waals surface area contributed by atoms with Gasteiger partial charge in [-0.25, -0.2) is 39.1 Å². The second-order valence-corrected chi connectivity index (χ2v) is 39.6. The van der Waals surface area contributed by atoms with Gasteiger partial charge in [-0.05, 0) is 182 Å². The van der Waals surface area contributed by atoms with Crippen molar-refractivity contribution < 1.29 is 63.8 Å². The maximum absolute atomic E-state index is 15.9. The SMILES string of the molecule is CC(=O)CC(C)(C)CC(CCN1CCN(C)CC1)(C1CCN(S(C)(=O)=O)CC1)C(CCCCNC(=O)N1CCOCC1)(C1(O)CCC1)C(CCCCNC(C)=O)(C1CCN(C(C)=O)CC1)C(CC(CN1CCN(S(C)(=O)=O)CC1)C(CCCCNS(C)(=O)=O)C1CCOCC1)N1CCN(C(C)=O)CC1. The standard InChI is InChI=1S/C75H138N12O14S3/c1-60(88)57-71(5,6)59-72(29-37-80-40-38-79(7)39-41-80,66-21-35-86(36-22-66)103(9,96)97)75(73(93)25-17-26-73,28-13-16-31-77-70(92)85-50-54-101-55-51-85)74(27-12-15-30-76-61(2)89,67-19-33-82(34-20-67)62(3)90)69(84-46-44-83(45-47-84)63(4)91)56-65(58-81-42-48-87(49-43-81)104(10,98)99)68(64-23-52-100-53-24-64)18-11-14-32-78-102(8,94)95/h64-69,78,93H,11-59H2,1-10H3,(H,76,89)(H,77,92). The normalized spacial score (nSPS) is 24.2. The predicted molar refractivity (Wildman–Crippen MR) is 407 cm³/mol. The van der Waals surface area contributed by atoms with E-state index < -0.39 is 57.3 Å². The molecule has 7 saturated heterocycles. The first-order valence-electron chi connectivity index (χ1n) is 40.0. The highest BCUT2D eigenvalue weighted by atomic mass is 32.2. The van der Waals surface area contributed by atoms with E-state index in [1.807, 2.05) is 14.7 Å². The third-order valence-electron chi connectivity index (χ3n) is 26.3. The van der Waals surface area contributed by atoms with E-state index in [0.29, 0.717) is 240 Å².